The molecule has 1 saturated heterocycles. The van der Waals surface area contributed by atoms with Gasteiger partial charge in [0.05, 0.1) is 0 Å². The summed E-state index contributed by atoms with van der Waals surface area (Å²) in [5.74, 6) is 0.708. The number of anilines is 1. The molecule has 1 N–H and O–H groups in total. The normalized spacial score (nSPS) is 14.5. The zero-order valence-electron chi connectivity index (χ0n) is 13.7. The molecule has 0 saturated carbocycles. The first-order valence-electron chi connectivity index (χ1n) is 8.12. The number of carbonyl (C=O) groups is 1. The fourth-order valence-corrected chi connectivity index (χ4v) is 3.21. The van der Waals surface area contributed by atoms with Crippen LogP contribution in [0.4, 0.5) is 10.7 Å². The highest BCUT2D eigenvalue weighted by molar-refractivity contribution is 6.35. The number of amides is 2. The molecule has 1 aliphatic heterocycles. The number of nitrogens with zero attached hydrogens (tertiary/aromatic N) is 4. The molecule has 2 aromatic rings. The summed E-state index contributed by atoms with van der Waals surface area (Å²) in [6.45, 7) is 3.26. The standard InChI is InChI=1S/C17H19Cl2N5O/c18-14-3-2-13(15(19)12-14)4-7-22-17(25)24-10-8-23(9-11-24)16-20-5-1-6-21-16/h1-3,5-6,12H,4,7-11H2,(H,22,25). The second-order valence-corrected chi connectivity index (χ2v) is 6.58. The van der Waals surface area contributed by atoms with E-state index in [-0.39, 0.29) is 6.03 Å². The number of hydrogen-bond acceptors (Lipinski definition) is 4. The van der Waals surface area contributed by atoms with Crippen LogP contribution in [0.15, 0.2) is 36.7 Å². The van der Waals surface area contributed by atoms with Crippen molar-refractivity contribution in [2.75, 3.05) is 37.6 Å². The molecule has 0 radical (unpaired) electrons. The van der Waals surface area contributed by atoms with Crippen molar-refractivity contribution in [3.8, 4) is 0 Å². The number of benzene rings is 1. The van der Waals surface area contributed by atoms with Crippen molar-refractivity contribution >= 4 is 35.2 Å². The Hall–Kier alpha value is -2.05. The highest BCUT2D eigenvalue weighted by Crippen LogP contribution is 2.21. The summed E-state index contributed by atoms with van der Waals surface area (Å²) in [5, 5.41) is 4.18. The maximum atomic E-state index is 12.3. The topological polar surface area (TPSA) is 61.4 Å². The van der Waals surface area contributed by atoms with E-state index >= 15 is 0 Å². The van der Waals surface area contributed by atoms with Crippen LogP contribution >= 0.6 is 23.2 Å². The molecule has 0 unspecified atom stereocenters. The Labute approximate surface area is 156 Å². The molecular formula is C17H19Cl2N5O. The maximum absolute atomic E-state index is 12.3. The van der Waals surface area contributed by atoms with Gasteiger partial charge in [-0.2, -0.15) is 0 Å². The molecule has 8 heteroatoms. The van der Waals surface area contributed by atoms with Gasteiger partial charge in [0, 0.05) is 55.2 Å². The number of piperazine rings is 1. The van der Waals surface area contributed by atoms with Gasteiger partial charge in [0.15, 0.2) is 0 Å². The maximum Gasteiger partial charge on any atom is 0.317 e. The Morgan fingerprint density at radius 1 is 1.12 bits per heavy atom. The summed E-state index contributed by atoms with van der Waals surface area (Å²) >= 11 is 12.0. The molecule has 0 spiro atoms. The van der Waals surface area contributed by atoms with Crippen LogP contribution in [0.3, 0.4) is 0 Å². The lowest BCUT2D eigenvalue weighted by Gasteiger charge is -2.34. The van der Waals surface area contributed by atoms with E-state index in [1.165, 1.54) is 0 Å². The zero-order valence-corrected chi connectivity index (χ0v) is 15.2. The number of halogens is 2. The van der Waals surface area contributed by atoms with Crippen molar-refractivity contribution in [3.63, 3.8) is 0 Å². The predicted octanol–water partition coefficient (Wildman–Crippen LogP) is 2.86. The molecule has 0 atom stereocenters. The Morgan fingerprint density at radius 2 is 1.84 bits per heavy atom. The second kappa shape index (κ2) is 8.36. The van der Waals surface area contributed by atoms with E-state index in [0.717, 1.165) is 18.7 Å². The molecule has 2 heterocycles. The second-order valence-electron chi connectivity index (χ2n) is 5.74. The Kier molecular flexibility index (Phi) is 5.94. The molecule has 25 heavy (non-hydrogen) atoms. The van der Waals surface area contributed by atoms with Gasteiger partial charge in [-0.25, -0.2) is 14.8 Å². The molecular weight excluding hydrogens is 361 g/mol. The van der Waals surface area contributed by atoms with Crippen LogP contribution < -0.4 is 10.2 Å². The minimum Gasteiger partial charge on any atom is -0.338 e. The molecule has 0 bridgehead atoms. The number of nitrogens with one attached hydrogen (secondary N) is 1. The van der Waals surface area contributed by atoms with Gasteiger partial charge in [-0.1, -0.05) is 29.3 Å². The zero-order chi connectivity index (χ0) is 17.6. The van der Waals surface area contributed by atoms with Gasteiger partial charge in [0.2, 0.25) is 5.95 Å². The molecule has 132 valence electrons. The molecule has 1 fully saturated rings. The summed E-state index contributed by atoms with van der Waals surface area (Å²) in [6, 6.07) is 7.13. The van der Waals surface area contributed by atoms with E-state index in [2.05, 4.69) is 20.2 Å². The summed E-state index contributed by atoms with van der Waals surface area (Å²) in [4.78, 5) is 24.7. The van der Waals surface area contributed by atoms with Crippen LogP contribution in [0.25, 0.3) is 0 Å². The molecule has 1 aliphatic rings. The lowest BCUT2D eigenvalue weighted by molar-refractivity contribution is 0.194. The minimum absolute atomic E-state index is 0.0567. The Balaban J connectivity index is 1.43. The average molecular weight is 380 g/mol. The monoisotopic (exact) mass is 379 g/mol. The van der Waals surface area contributed by atoms with Gasteiger partial charge in [0.25, 0.3) is 0 Å². The van der Waals surface area contributed by atoms with Gasteiger partial charge in [-0.3, -0.25) is 0 Å². The third-order valence-electron chi connectivity index (χ3n) is 4.09. The molecule has 1 aromatic heterocycles. The SMILES string of the molecule is O=C(NCCc1ccc(Cl)cc1Cl)N1CCN(c2ncccn2)CC1. The number of rotatable bonds is 4. The van der Waals surface area contributed by atoms with Crippen molar-refractivity contribution in [2.24, 2.45) is 0 Å². The fraction of sp³-hybridized carbons (Fsp3) is 0.353. The molecule has 1 aromatic carbocycles. The van der Waals surface area contributed by atoms with Crippen molar-refractivity contribution in [1.29, 1.82) is 0 Å². The third kappa shape index (κ3) is 4.74. The lowest BCUT2D eigenvalue weighted by Crippen LogP contribution is -2.52. The van der Waals surface area contributed by atoms with Crippen LogP contribution in [0.5, 0.6) is 0 Å². The number of carbonyl (C=O) groups excluding carboxylic acids is 1. The predicted molar refractivity (Wildman–Crippen MR) is 99.4 cm³/mol. The van der Waals surface area contributed by atoms with Crippen LogP contribution in [-0.2, 0) is 6.42 Å². The van der Waals surface area contributed by atoms with E-state index in [9.17, 15) is 4.79 Å². The fourth-order valence-electron chi connectivity index (χ4n) is 2.70. The van der Waals surface area contributed by atoms with Gasteiger partial charge in [-0.05, 0) is 30.2 Å². The van der Waals surface area contributed by atoms with Crippen molar-refractivity contribution < 1.29 is 4.79 Å². The quantitative estimate of drug-likeness (QED) is 0.886. The Bertz CT molecular complexity index is 720. The van der Waals surface area contributed by atoms with Gasteiger partial charge < -0.3 is 15.1 Å². The van der Waals surface area contributed by atoms with Gasteiger partial charge in [-0.15, -0.1) is 0 Å². The number of hydrogen-bond donors (Lipinski definition) is 1. The van der Waals surface area contributed by atoms with Crippen LogP contribution in [-0.4, -0.2) is 53.6 Å². The lowest BCUT2D eigenvalue weighted by atomic mass is 10.1. The summed E-state index contributed by atoms with van der Waals surface area (Å²) in [5.41, 5.74) is 0.970. The van der Waals surface area contributed by atoms with E-state index < -0.39 is 0 Å². The Morgan fingerprint density at radius 3 is 2.52 bits per heavy atom. The van der Waals surface area contributed by atoms with Gasteiger partial charge >= 0.3 is 6.03 Å². The largest absolute Gasteiger partial charge is 0.338 e. The summed E-state index contributed by atoms with van der Waals surface area (Å²) in [6.07, 6.45) is 4.12. The minimum atomic E-state index is -0.0567. The number of urea groups is 1. The average Bonchev–Trinajstić information content (AvgIpc) is 2.64. The van der Waals surface area contributed by atoms with E-state index in [4.69, 9.17) is 23.2 Å². The van der Waals surface area contributed by atoms with Crippen LogP contribution in [0, 0.1) is 0 Å². The van der Waals surface area contributed by atoms with Crippen LogP contribution in [0.2, 0.25) is 10.0 Å². The first-order valence-corrected chi connectivity index (χ1v) is 8.88. The third-order valence-corrected chi connectivity index (χ3v) is 4.67. The molecule has 0 aliphatic carbocycles. The molecule has 2 amide bonds. The van der Waals surface area contributed by atoms with Crippen molar-refractivity contribution in [3.05, 3.63) is 52.3 Å². The van der Waals surface area contributed by atoms with Gasteiger partial charge in [0.1, 0.15) is 0 Å². The summed E-state index contributed by atoms with van der Waals surface area (Å²) < 4.78 is 0. The van der Waals surface area contributed by atoms with E-state index in [0.29, 0.717) is 42.0 Å². The first kappa shape index (κ1) is 17.8. The van der Waals surface area contributed by atoms with Crippen molar-refractivity contribution in [2.45, 2.75) is 6.42 Å². The first-order chi connectivity index (χ1) is 12.1. The highest BCUT2D eigenvalue weighted by atomic mass is 35.5. The summed E-state index contributed by atoms with van der Waals surface area (Å²) in [7, 11) is 0. The smallest absolute Gasteiger partial charge is 0.317 e. The van der Waals surface area contributed by atoms with E-state index in [1.54, 1.807) is 30.6 Å². The molecule has 3 rings (SSSR count). The van der Waals surface area contributed by atoms with E-state index in [1.807, 2.05) is 11.0 Å². The van der Waals surface area contributed by atoms with Crippen molar-refractivity contribution in [1.82, 2.24) is 20.2 Å². The number of aromatic nitrogens is 2. The highest BCUT2D eigenvalue weighted by Gasteiger charge is 2.22. The van der Waals surface area contributed by atoms with Crippen LogP contribution in [0.1, 0.15) is 5.56 Å². The molecule has 6 nitrogen and oxygen atoms in total.